The van der Waals surface area contributed by atoms with E-state index < -0.39 is 17.8 Å². The normalized spacial score (nSPS) is 20.6. The second kappa shape index (κ2) is 18.7. The lowest BCUT2D eigenvalue weighted by Crippen LogP contribution is -2.48. The minimum atomic E-state index is -4.49. The first-order chi connectivity index (χ1) is 28.0. The molecule has 4 aliphatic heterocycles. The van der Waals surface area contributed by atoms with Crippen molar-refractivity contribution in [2.75, 3.05) is 52.4 Å². The summed E-state index contributed by atoms with van der Waals surface area (Å²) in [6.07, 6.45) is 5.13. The van der Waals surface area contributed by atoms with Gasteiger partial charge in [0.1, 0.15) is 11.6 Å². The second-order valence-electron chi connectivity index (χ2n) is 15.3. The standard InChI is InChI=1S/C41H50F3N9O4S/c42-41(43,44)27-9-6-8-26(22-27)31-14-15-33-38(49-31)53(29-17-21-52(33)24-29)40(57)48-28-16-20-46-35(23-28)45-19-7-11-30(54)10-2-1-5-18-47-36(55)13-4-3-12-34-37-32(25-58-34)50-39(56)51-37/h6,8-9,14-16,20,22-23,29,32,34,37H,1-5,7,10-13,17-19,21,24-25H2,(H,47,55)(H2,50,51,56)(H2,45,46,48,57)/t29-,32?,34-,37?/m0/s1. The van der Waals surface area contributed by atoms with Gasteiger partial charge in [0.05, 0.1) is 35.1 Å². The van der Waals surface area contributed by atoms with Crippen LogP contribution < -0.4 is 36.4 Å². The molecule has 3 saturated heterocycles. The van der Waals surface area contributed by atoms with Gasteiger partial charge in [0.25, 0.3) is 0 Å². The van der Waals surface area contributed by atoms with Crippen LogP contribution in [0.25, 0.3) is 11.3 Å². The smallest absolute Gasteiger partial charge is 0.370 e. The Kier molecular flexibility index (Phi) is 13.2. The fourth-order valence-electron chi connectivity index (χ4n) is 8.12. The highest BCUT2D eigenvalue weighted by Crippen LogP contribution is 2.41. The number of hydrogen-bond donors (Lipinski definition) is 5. The van der Waals surface area contributed by atoms with Gasteiger partial charge in [-0.1, -0.05) is 25.0 Å². The van der Waals surface area contributed by atoms with Gasteiger partial charge in [-0.15, -0.1) is 0 Å². The predicted molar refractivity (Wildman–Crippen MR) is 219 cm³/mol. The van der Waals surface area contributed by atoms with Crippen LogP contribution in [0, 0.1) is 0 Å². The van der Waals surface area contributed by atoms with Gasteiger partial charge in [0.2, 0.25) is 5.91 Å². The van der Waals surface area contributed by atoms with Crippen LogP contribution in [0.15, 0.2) is 54.7 Å². The summed E-state index contributed by atoms with van der Waals surface area (Å²) in [6, 6.07) is 11.7. The average Bonchev–Trinajstić information content (AvgIpc) is 3.91. The third-order valence-corrected chi connectivity index (χ3v) is 12.6. The van der Waals surface area contributed by atoms with Crippen LogP contribution in [-0.4, -0.2) is 89.0 Å². The molecular formula is C41H50F3N9O4S. The van der Waals surface area contributed by atoms with Crippen molar-refractivity contribution in [1.29, 1.82) is 0 Å². The molecule has 0 radical (unpaired) electrons. The summed E-state index contributed by atoms with van der Waals surface area (Å²) >= 11 is 1.89. The lowest BCUT2D eigenvalue weighted by atomic mass is 10.0. The quantitative estimate of drug-likeness (QED) is 0.0676. The first-order valence-electron chi connectivity index (χ1n) is 20.2. The molecule has 13 nitrogen and oxygen atoms in total. The third kappa shape index (κ3) is 10.3. The fraction of sp³-hybridized carbons (Fsp3) is 0.512. The number of anilines is 4. The van der Waals surface area contributed by atoms with Gasteiger partial charge < -0.3 is 31.5 Å². The number of Topliss-reactive ketones (excluding diaryl/α,β-unsaturated/α-hetero) is 1. The molecule has 2 bridgehead atoms. The number of halogens is 3. The van der Waals surface area contributed by atoms with E-state index in [-0.39, 0.29) is 35.8 Å². The van der Waals surface area contributed by atoms with E-state index in [1.54, 1.807) is 35.4 Å². The number of carbonyl (C=O) groups excluding carboxylic acids is 4. The molecule has 1 aromatic carbocycles. The van der Waals surface area contributed by atoms with Crippen molar-refractivity contribution >= 4 is 58.5 Å². The highest BCUT2D eigenvalue weighted by molar-refractivity contribution is 8.00. The Morgan fingerprint density at radius 3 is 2.64 bits per heavy atom. The van der Waals surface area contributed by atoms with Gasteiger partial charge in [0, 0.05) is 80.0 Å². The number of urea groups is 2. The molecule has 3 fully saturated rings. The van der Waals surface area contributed by atoms with Crippen LogP contribution in [-0.2, 0) is 15.8 Å². The molecule has 4 aliphatic rings. The van der Waals surface area contributed by atoms with E-state index in [9.17, 15) is 32.3 Å². The number of nitrogens with one attached hydrogen (secondary N) is 5. The number of unbranched alkanes of at least 4 members (excludes halogenated alkanes) is 3. The minimum absolute atomic E-state index is 0.0580. The largest absolute Gasteiger partial charge is 0.416 e. The lowest BCUT2D eigenvalue weighted by molar-refractivity contribution is -0.137. The number of pyridine rings is 2. The Morgan fingerprint density at radius 1 is 0.931 bits per heavy atom. The maximum Gasteiger partial charge on any atom is 0.416 e. The molecule has 5 amide bonds. The molecule has 2 aromatic heterocycles. The molecule has 0 aliphatic carbocycles. The Balaban J connectivity index is 0.784. The predicted octanol–water partition coefficient (Wildman–Crippen LogP) is 6.96. The highest BCUT2D eigenvalue weighted by atomic mass is 32.2. The third-order valence-electron chi connectivity index (χ3n) is 11.1. The van der Waals surface area contributed by atoms with Crippen LogP contribution in [0.5, 0.6) is 0 Å². The van der Waals surface area contributed by atoms with E-state index in [4.69, 9.17) is 4.98 Å². The molecule has 58 heavy (non-hydrogen) atoms. The topological polar surface area (TPSA) is 161 Å². The zero-order valence-corrected chi connectivity index (χ0v) is 33.1. The summed E-state index contributed by atoms with van der Waals surface area (Å²) in [7, 11) is 0. The molecular weight excluding hydrogens is 772 g/mol. The molecule has 17 heteroatoms. The number of hydrogen-bond acceptors (Lipinski definition) is 9. The first kappa shape index (κ1) is 41.1. The van der Waals surface area contributed by atoms with E-state index in [2.05, 4.69) is 36.5 Å². The van der Waals surface area contributed by atoms with Crippen molar-refractivity contribution in [1.82, 2.24) is 25.9 Å². The second-order valence-corrected chi connectivity index (χ2v) is 16.6. The number of benzene rings is 1. The minimum Gasteiger partial charge on any atom is -0.370 e. The summed E-state index contributed by atoms with van der Waals surface area (Å²) < 4.78 is 40.3. The van der Waals surface area contributed by atoms with Crippen LogP contribution >= 0.6 is 11.8 Å². The average molecular weight is 822 g/mol. The van der Waals surface area contributed by atoms with Crippen molar-refractivity contribution in [2.24, 2.45) is 0 Å². The van der Waals surface area contributed by atoms with Gasteiger partial charge in [-0.25, -0.2) is 19.6 Å². The van der Waals surface area contributed by atoms with E-state index in [1.807, 2.05) is 17.8 Å². The number of amides is 5. The summed E-state index contributed by atoms with van der Waals surface area (Å²) in [6.45, 7) is 2.50. The number of aromatic nitrogens is 2. The van der Waals surface area contributed by atoms with Gasteiger partial charge in [-0.3, -0.25) is 14.5 Å². The number of nitrogens with zero attached hydrogens (tertiary/aromatic N) is 4. The lowest BCUT2D eigenvalue weighted by Gasteiger charge is -2.36. The van der Waals surface area contributed by atoms with Crippen molar-refractivity contribution in [3.63, 3.8) is 0 Å². The Morgan fingerprint density at radius 2 is 1.78 bits per heavy atom. The van der Waals surface area contributed by atoms with Crippen molar-refractivity contribution in [3.05, 3.63) is 60.3 Å². The summed E-state index contributed by atoms with van der Waals surface area (Å²) in [5, 5.41) is 15.5. The van der Waals surface area contributed by atoms with Crippen LogP contribution in [0.3, 0.4) is 0 Å². The van der Waals surface area contributed by atoms with Gasteiger partial charge in [-0.2, -0.15) is 24.9 Å². The van der Waals surface area contributed by atoms with Crippen molar-refractivity contribution in [2.45, 2.75) is 100 Å². The highest BCUT2D eigenvalue weighted by Gasteiger charge is 2.43. The fourth-order valence-corrected chi connectivity index (χ4v) is 9.66. The van der Waals surface area contributed by atoms with E-state index in [0.717, 1.165) is 75.1 Å². The van der Waals surface area contributed by atoms with E-state index in [0.29, 0.717) is 79.1 Å². The summed E-state index contributed by atoms with van der Waals surface area (Å²) in [4.78, 5) is 62.9. The van der Waals surface area contributed by atoms with Crippen LogP contribution in [0.2, 0.25) is 0 Å². The van der Waals surface area contributed by atoms with Crippen LogP contribution in [0.1, 0.15) is 76.2 Å². The zero-order chi connectivity index (χ0) is 40.6. The zero-order valence-electron chi connectivity index (χ0n) is 32.3. The number of rotatable bonds is 18. The van der Waals surface area contributed by atoms with Crippen molar-refractivity contribution < 1.29 is 32.3 Å². The molecule has 310 valence electrons. The monoisotopic (exact) mass is 821 g/mol. The molecule has 5 N–H and O–H groups in total. The van der Waals surface area contributed by atoms with Gasteiger partial charge in [0.15, 0.2) is 5.82 Å². The van der Waals surface area contributed by atoms with Gasteiger partial charge in [-0.05, 0) is 68.9 Å². The maximum absolute atomic E-state index is 13.8. The molecule has 4 atom stereocenters. The van der Waals surface area contributed by atoms with Gasteiger partial charge >= 0.3 is 18.2 Å². The number of carbonyl (C=O) groups is 4. The van der Waals surface area contributed by atoms with Crippen LogP contribution in [0.4, 0.5) is 45.8 Å². The molecule has 3 aromatic rings. The molecule has 0 saturated carbocycles. The molecule has 0 spiro atoms. The number of thioether (sulfide) groups is 1. The Labute approximate surface area is 340 Å². The maximum atomic E-state index is 13.8. The molecule has 6 heterocycles. The summed E-state index contributed by atoms with van der Waals surface area (Å²) in [5.74, 6) is 2.14. The number of ketones is 1. The Bertz CT molecular complexity index is 1970. The summed E-state index contributed by atoms with van der Waals surface area (Å²) in [5.41, 5.74) is 1.16. The molecule has 7 rings (SSSR count). The van der Waals surface area contributed by atoms with Crippen molar-refractivity contribution in [3.8, 4) is 11.3 Å². The number of alkyl halides is 3. The number of fused-ring (bicyclic) bond motifs is 5. The first-order valence-corrected chi connectivity index (χ1v) is 21.3. The SMILES string of the molecule is O=C(CCCCCNC(=O)CCCC[C@@H]1SCC2NC(=O)NC21)CCCNc1cc(NC(=O)N2c3nc(-c4cccc(C(F)(F)F)c4)ccc3N3CC[C@H]2C3)ccn1. The van der Waals surface area contributed by atoms with E-state index >= 15 is 0 Å². The molecule has 2 unspecified atom stereocenters. The Hall–Kier alpha value is -5.06. The van der Waals surface area contributed by atoms with E-state index in [1.165, 1.54) is 6.07 Å².